The molecule has 0 amide bonds. The number of halogens is 2. The third-order valence-corrected chi connectivity index (χ3v) is 2.41. The van der Waals surface area contributed by atoms with E-state index in [1.807, 2.05) is 0 Å². The van der Waals surface area contributed by atoms with Crippen LogP contribution < -0.4 is 0 Å². The first-order chi connectivity index (χ1) is 7.95. The number of carbonyl (C=O) groups excluding carboxylic acids is 1. The zero-order valence-corrected chi connectivity index (χ0v) is 9.61. The summed E-state index contributed by atoms with van der Waals surface area (Å²) in [5.41, 5.74) is -0.250. The molecule has 1 unspecified atom stereocenters. The van der Waals surface area contributed by atoms with Crippen molar-refractivity contribution in [3.8, 4) is 0 Å². The molecule has 0 aliphatic rings. The van der Waals surface area contributed by atoms with E-state index in [1.54, 1.807) is 0 Å². The Bertz CT molecular complexity index is 452. The molecule has 0 radical (unpaired) electrons. The Morgan fingerprint density at radius 1 is 1.65 bits per heavy atom. The topological polar surface area (TPSA) is 69.4 Å². The number of nitrogens with zero attached hydrogens (tertiary/aromatic N) is 1. The molecule has 0 aliphatic heterocycles. The molecule has 17 heavy (non-hydrogen) atoms. The summed E-state index contributed by atoms with van der Waals surface area (Å²) >= 11 is 5.70. The van der Waals surface area contributed by atoms with E-state index in [1.165, 1.54) is 13.2 Å². The Labute approximate surface area is 101 Å². The first-order valence-corrected chi connectivity index (χ1v) is 5.04. The molecule has 0 bridgehead atoms. The lowest BCUT2D eigenvalue weighted by molar-refractivity contribution is -0.387. The van der Waals surface area contributed by atoms with Crippen LogP contribution in [0.4, 0.5) is 10.1 Å². The lowest BCUT2D eigenvalue weighted by atomic mass is 10.1. The third kappa shape index (κ3) is 3.39. The maximum absolute atomic E-state index is 13.0. The molecule has 0 saturated heterocycles. The van der Waals surface area contributed by atoms with Crippen LogP contribution in [0.2, 0.25) is 0 Å². The Morgan fingerprint density at radius 3 is 2.82 bits per heavy atom. The van der Waals surface area contributed by atoms with Crippen LogP contribution in [-0.2, 0) is 16.0 Å². The molecule has 0 aliphatic carbocycles. The number of nitro benzene ring substituents is 1. The molecule has 5 nitrogen and oxygen atoms in total. The van der Waals surface area contributed by atoms with Crippen molar-refractivity contribution in [1.29, 1.82) is 0 Å². The van der Waals surface area contributed by atoms with E-state index in [4.69, 9.17) is 11.6 Å². The van der Waals surface area contributed by atoms with Crippen molar-refractivity contribution in [1.82, 2.24) is 0 Å². The van der Waals surface area contributed by atoms with Gasteiger partial charge in [-0.05, 0) is 18.1 Å². The maximum atomic E-state index is 13.0. The van der Waals surface area contributed by atoms with Gasteiger partial charge >= 0.3 is 11.7 Å². The number of methoxy groups -OCH3 is 1. The summed E-state index contributed by atoms with van der Waals surface area (Å²) in [5, 5.41) is 9.54. The predicted molar refractivity (Wildman–Crippen MR) is 58.4 cm³/mol. The van der Waals surface area contributed by atoms with Gasteiger partial charge in [0.05, 0.1) is 12.0 Å². The third-order valence-electron chi connectivity index (χ3n) is 2.08. The fourth-order valence-electron chi connectivity index (χ4n) is 1.24. The van der Waals surface area contributed by atoms with Gasteiger partial charge in [-0.2, -0.15) is 4.39 Å². The first kappa shape index (κ1) is 13.4. The Kier molecular flexibility index (Phi) is 4.39. The second kappa shape index (κ2) is 5.58. The number of ether oxygens (including phenoxy) is 1. The van der Waals surface area contributed by atoms with E-state index in [0.717, 1.165) is 12.1 Å². The number of nitro groups is 1. The fourth-order valence-corrected chi connectivity index (χ4v) is 1.51. The van der Waals surface area contributed by atoms with Crippen molar-refractivity contribution >= 4 is 23.3 Å². The minimum absolute atomic E-state index is 0.0371. The molecule has 0 fully saturated rings. The number of alkyl halides is 1. The number of hydrogen-bond donors (Lipinski definition) is 0. The van der Waals surface area contributed by atoms with Crippen LogP contribution >= 0.6 is 11.6 Å². The molecule has 92 valence electrons. The predicted octanol–water partition coefficient (Wildman–Crippen LogP) is 2.06. The normalized spacial score (nSPS) is 11.9. The second-order valence-corrected chi connectivity index (χ2v) is 3.76. The van der Waals surface area contributed by atoms with Gasteiger partial charge in [-0.25, -0.2) is 0 Å². The van der Waals surface area contributed by atoms with Crippen LogP contribution in [0.5, 0.6) is 0 Å². The molecule has 1 atom stereocenters. The summed E-state index contributed by atoms with van der Waals surface area (Å²) in [6.45, 7) is 0. The quantitative estimate of drug-likeness (QED) is 0.360. The summed E-state index contributed by atoms with van der Waals surface area (Å²) in [6.07, 6.45) is 0.0371. The molecule has 0 saturated carbocycles. The van der Waals surface area contributed by atoms with Crippen molar-refractivity contribution in [3.63, 3.8) is 0 Å². The maximum Gasteiger partial charge on any atom is 0.324 e. The number of hydrogen-bond acceptors (Lipinski definition) is 4. The second-order valence-electron chi connectivity index (χ2n) is 3.24. The van der Waals surface area contributed by atoms with Gasteiger partial charge < -0.3 is 4.74 Å². The molecular weight excluding hydrogens is 253 g/mol. The van der Waals surface area contributed by atoms with Crippen LogP contribution in [0.3, 0.4) is 0 Å². The van der Waals surface area contributed by atoms with Crippen LogP contribution in [-0.4, -0.2) is 23.4 Å². The van der Waals surface area contributed by atoms with E-state index in [0.29, 0.717) is 5.56 Å². The number of benzene rings is 1. The van der Waals surface area contributed by atoms with Gasteiger partial charge in [0.15, 0.2) is 0 Å². The van der Waals surface area contributed by atoms with E-state index in [-0.39, 0.29) is 6.42 Å². The largest absolute Gasteiger partial charge is 0.468 e. The van der Waals surface area contributed by atoms with E-state index in [9.17, 15) is 19.3 Å². The van der Waals surface area contributed by atoms with Gasteiger partial charge in [-0.15, -0.1) is 11.6 Å². The van der Waals surface area contributed by atoms with Crippen molar-refractivity contribution in [2.75, 3.05) is 7.11 Å². The number of carbonyl (C=O) groups is 1. The Balaban J connectivity index is 2.90. The molecule has 0 aromatic heterocycles. The van der Waals surface area contributed by atoms with Crippen molar-refractivity contribution in [3.05, 3.63) is 39.7 Å². The highest BCUT2D eigenvalue weighted by atomic mass is 35.5. The van der Waals surface area contributed by atoms with Gasteiger partial charge in [-0.3, -0.25) is 14.9 Å². The van der Waals surface area contributed by atoms with Gasteiger partial charge in [0.2, 0.25) is 5.82 Å². The number of rotatable bonds is 4. The van der Waals surface area contributed by atoms with Gasteiger partial charge in [0, 0.05) is 6.07 Å². The molecule has 1 aromatic rings. The van der Waals surface area contributed by atoms with E-state index in [2.05, 4.69) is 4.74 Å². The summed E-state index contributed by atoms with van der Waals surface area (Å²) in [6, 6.07) is 3.35. The SMILES string of the molecule is COC(=O)C(Cl)Cc1ccc(F)c([N+](=O)[O-])c1. The Hall–Kier alpha value is -1.69. The summed E-state index contributed by atoms with van der Waals surface area (Å²) < 4.78 is 17.4. The lowest BCUT2D eigenvalue weighted by Gasteiger charge is -2.07. The average molecular weight is 262 g/mol. The van der Waals surface area contributed by atoms with Crippen LogP contribution in [0.1, 0.15) is 5.56 Å². The van der Waals surface area contributed by atoms with Gasteiger partial charge in [-0.1, -0.05) is 6.07 Å². The summed E-state index contributed by atoms with van der Waals surface area (Å²) in [4.78, 5) is 20.7. The lowest BCUT2D eigenvalue weighted by Crippen LogP contribution is -2.18. The first-order valence-electron chi connectivity index (χ1n) is 4.60. The minimum atomic E-state index is -0.954. The highest BCUT2D eigenvalue weighted by molar-refractivity contribution is 6.30. The highest BCUT2D eigenvalue weighted by Crippen LogP contribution is 2.20. The van der Waals surface area contributed by atoms with Crippen molar-refractivity contribution in [2.45, 2.75) is 11.8 Å². The van der Waals surface area contributed by atoms with Crippen LogP contribution in [0, 0.1) is 15.9 Å². The van der Waals surface area contributed by atoms with Crippen molar-refractivity contribution < 1.29 is 18.8 Å². The molecule has 1 rings (SSSR count). The minimum Gasteiger partial charge on any atom is -0.468 e. The fraction of sp³-hybridized carbons (Fsp3) is 0.300. The molecule has 7 heteroatoms. The summed E-state index contributed by atoms with van der Waals surface area (Å²) in [7, 11) is 1.19. The molecule has 0 spiro atoms. The highest BCUT2D eigenvalue weighted by Gasteiger charge is 2.19. The smallest absolute Gasteiger partial charge is 0.324 e. The van der Waals surface area contributed by atoms with Gasteiger partial charge in [0.1, 0.15) is 5.38 Å². The van der Waals surface area contributed by atoms with Crippen LogP contribution in [0.15, 0.2) is 18.2 Å². The monoisotopic (exact) mass is 261 g/mol. The number of esters is 1. The van der Waals surface area contributed by atoms with Crippen molar-refractivity contribution in [2.24, 2.45) is 0 Å². The summed E-state index contributed by atoms with van der Waals surface area (Å²) in [5.74, 6) is -1.57. The standard InChI is InChI=1S/C10H9ClFNO4/c1-17-10(14)7(11)4-6-2-3-8(12)9(5-6)13(15)16/h2-3,5,7H,4H2,1H3. The average Bonchev–Trinajstić information content (AvgIpc) is 2.30. The van der Waals surface area contributed by atoms with Gasteiger partial charge in [0.25, 0.3) is 0 Å². The zero-order valence-electron chi connectivity index (χ0n) is 8.85. The molecule has 0 heterocycles. The van der Waals surface area contributed by atoms with E-state index < -0.39 is 27.8 Å². The van der Waals surface area contributed by atoms with E-state index >= 15 is 0 Å². The molecule has 0 N–H and O–H groups in total. The molecular formula is C10H9ClFNO4. The molecule has 1 aromatic carbocycles. The Morgan fingerprint density at radius 2 is 2.29 bits per heavy atom. The zero-order chi connectivity index (χ0) is 13.0. The van der Waals surface area contributed by atoms with Crippen LogP contribution in [0.25, 0.3) is 0 Å².